The van der Waals surface area contributed by atoms with Crippen molar-refractivity contribution in [3.63, 3.8) is 0 Å². The molecule has 7 N–H and O–H groups in total. The van der Waals surface area contributed by atoms with Crippen molar-refractivity contribution < 1.29 is 24.2 Å². The summed E-state index contributed by atoms with van der Waals surface area (Å²) in [5, 5.41) is 19.6. The fraction of sp³-hybridized carbons (Fsp3) is 0.179. The van der Waals surface area contributed by atoms with E-state index in [9.17, 15) is 9.59 Å². The molecule has 208 valence electrons. The standard InChI is InChI=1S/C26H26N6O4.C2H4O2/c1-35-21-12-11-17(14-22(21)36-2)19(13-15-7-9-16(10-8-15)23(27)28)25-30-26(34)32(31-25)20-6-4-3-5-18(20)24(29)33;1-2(3)4/h3-12,14,19H,13H2,1-2H3,(H3,27,28)(H2,29,33)(H,30,31,34);1H3,(H,3,4). The van der Waals surface area contributed by atoms with E-state index in [1.54, 1.807) is 56.7 Å². The number of hydrogen-bond donors (Lipinski definition) is 5. The first-order valence-corrected chi connectivity index (χ1v) is 12.0. The third kappa shape index (κ3) is 6.92. The summed E-state index contributed by atoms with van der Waals surface area (Å²) in [6.07, 6.45) is 0.470. The first-order valence-electron chi connectivity index (χ1n) is 12.0. The second-order valence-electron chi connectivity index (χ2n) is 8.61. The van der Waals surface area contributed by atoms with Gasteiger partial charge >= 0.3 is 5.69 Å². The van der Waals surface area contributed by atoms with Crippen LogP contribution in [0, 0.1) is 5.41 Å². The van der Waals surface area contributed by atoms with Crippen LogP contribution >= 0.6 is 0 Å². The van der Waals surface area contributed by atoms with Crippen molar-refractivity contribution in [3.05, 3.63) is 105 Å². The summed E-state index contributed by atoms with van der Waals surface area (Å²) in [5.41, 5.74) is 13.4. The van der Waals surface area contributed by atoms with Crippen LogP contribution in [0.4, 0.5) is 0 Å². The highest BCUT2D eigenvalue weighted by molar-refractivity contribution is 5.96. The molecule has 0 saturated heterocycles. The predicted octanol–water partition coefficient (Wildman–Crippen LogP) is 2.43. The van der Waals surface area contributed by atoms with Gasteiger partial charge in [0.05, 0.1) is 25.5 Å². The van der Waals surface area contributed by atoms with Crippen LogP contribution in [0.25, 0.3) is 5.69 Å². The number of hydrogen-bond acceptors (Lipinski definition) is 7. The van der Waals surface area contributed by atoms with E-state index >= 15 is 0 Å². The van der Waals surface area contributed by atoms with Crippen LogP contribution in [-0.4, -0.2) is 51.8 Å². The zero-order valence-corrected chi connectivity index (χ0v) is 22.2. The van der Waals surface area contributed by atoms with Crippen LogP contribution in [0.2, 0.25) is 0 Å². The minimum absolute atomic E-state index is 0.0193. The van der Waals surface area contributed by atoms with Crippen molar-refractivity contribution in [2.45, 2.75) is 19.3 Å². The number of carboxylic acids is 1. The molecule has 0 radical (unpaired) electrons. The fourth-order valence-corrected chi connectivity index (χ4v) is 4.03. The average Bonchev–Trinajstić information content (AvgIpc) is 3.32. The van der Waals surface area contributed by atoms with Crippen LogP contribution in [0.3, 0.4) is 0 Å². The number of nitrogens with two attached hydrogens (primary N) is 2. The summed E-state index contributed by atoms with van der Waals surface area (Å²) in [5.74, 6) is -0.406. The van der Waals surface area contributed by atoms with Crippen molar-refractivity contribution in [2.24, 2.45) is 11.5 Å². The monoisotopic (exact) mass is 546 g/mol. The number of aromatic nitrogens is 3. The van der Waals surface area contributed by atoms with E-state index in [0.717, 1.165) is 22.7 Å². The summed E-state index contributed by atoms with van der Waals surface area (Å²) in [7, 11) is 3.11. The largest absolute Gasteiger partial charge is 0.493 e. The number of aromatic amines is 1. The van der Waals surface area contributed by atoms with E-state index in [1.807, 2.05) is 24.3 Å². The Bertz CT molecular complexity index is 1570. The molecule has 4 aromatic rings. The summed E-state index contributed by atoms with van der Waals surface area (Å²) in [6, 6.07) is 19.3. The van der Waals surface area contributed by atoms with Crippen molar-refractivity contribution in [2.75, 3.05) is 14.2 Å². The van der Waals surface area contributed by atoms with Crippen molar-refractivity contribution in [3.8, 4) is 17.2 Å². The molecule has 1 unspecified atom stereocenters. The molecule has 3 aromatic carbocycles. The minimum atomic E-state index is -0.833. The summed E-state index contributed by atoms with van der Waals surface area (Å²) in [4.78, 5) is 36.7. The predicted molar refractivity (Wildman–Crippen MR) is 149 cm³/mol. The Hall–Kier alpha value is -5.39. The quantitative estimate of drug-likeness (QED) is 0.156. The molecule has 1 aromatic heterocycles. The van der Waals surface area contributed by atoms with Gasteiger partial charge in [-0.1, -0.05) is 42.5 Å². The fourth-order valence-electron chi connectivity index (χ4n) is 4.03. The minimum Gasteiger partial charge on any atom is -0.493 e. The highest BCUT2D eigenvalue weighted by Crippen LogP contribution is 2.34. The third-order valence-corrected chi connectivity index (χ3v) is 5.88. The Labute approximate surface area is 229 Å². The van der Waals surface area contributed by atoms with E-state index in [2.05, 4.69) is 10.1 Å². The lowest BCUT2D eigenvalue weighted by Gasteiger charge is -2.17. The van der Waals surface area contributed by atoms with Gasteiger partial charge in [0.1, 0.15) is 11.7 Å². The van der Waals surface area contributed by atoms with Crippen molar-refractivity contribution in [1.29, 1.82) is 5.41 Å². The SMILES string of the molecule is CC(=O)O.COc1ccc(C(Cc2ccc(C(=N)N)cc2)c2nn(-c3ccccc3C(N)=O)c(=O)[nH]2)cc1OC. The number of nitrogens with zero attached hydrogens (tertiary/aromatic N) is 2. The number of H-pyrrole nitrogens is 1. The highest BCUT2D eigenvalue weighted by Gasteiger charge is 2.23. The molecule has 12 heteroatoms. The molecule has 40 heavy (non-hydrogen) atoms. The Kier molecular flexibility index (Phi) is 9.42. The van der Waals surface area contributed by atoms with E-state index in [0.29, 0.717) is 29.3 Å². The van der Waals surface area contributed by atoms with E-state index in [1.165, 1.54) is 0 Å². The van der Waals surface area contributed by atoms with Gasteiger partial charge in [-0.2, -0.15) is 4.68 Å². The van der Waals surface area contributed by atoms with Gasteiger partial charge in [-0.3, -0.25) is 20.0 Å². The number of primary amides is 1. The van der Waals surface area contributed by atoms with Crippen LogP contribution < -0.4 is 26.6 Å². The highest BCUT2D eigenvalue weighted by atomic mass is 16.5. The van der Waals surface area contributed by atoms with Crippen LogP contribution in [0.5, 0.6) is 11.5 Å². The lowest BCUT2D eigenvalue weighted by molar-refractivity contribution is -0.134. The number of nitrogens with one attached hydrogen (secondary N) is 2. The van der Waals surface area contributed by atoms with Crippen molar-refractivity contribution >= 4 is 17.7 Å². The third-order valence-electron chi connectivity index (χ3n) is 5.88. The second-order valence-corrected chi connectivity index (χ2v) is 8.61. The number of carbonyl (C=O) groups excluding carboxylic acids is 1. The molecule has 1 heterocycles. The van der Waals surface area contributed by atoms with Gasteiger partial charge in [0.15, 0.2) is 11.5 Å². The zero-order valence-electron chi connectivity index (χ0n) is 22.2. The molecule has 0 aliphatic rings. The maximum atomic E-state index is 13.0. The number of carbonyl (C=O) groups is 2. The molecular weight excluding hydrogens is 516 g/mol. The summed E-state index contributed by atoms with van der Waals surface area (Å²) in [6.45, 7) is 1.08. The van der Waals surface area contributed by atoms with Crippen molar-refractivity contribution in [1.82, 2.24) is 14.8 Å². The maximum absolute atomic E-state index is 13.0. The smallest absolute Gasteiger partial charge is 0.348 e. The molecular formula is C28H30N6O6. The van der Waals surface area contributed by atoms with Gasteiger partial charge in [-0.05, 0) is 41.8 Å². The molecule has 0 fully saturated rings. The van der Waals surface area contributed by atoms with Crippen LogP contribution in [-0.2, 0) is 11.2 Å². The van der Waals surface area contributed by atoms with E-state index in [-0.39, 0.29) is 23.0 Å². The first kappa shape index (κ1) is 29.2. The summed E-state index contributed by atoms with van der Waals surface area (Å²) < 4.78 is 12.0. The number of para-hydroxylation sites is 1. The number of nitrogen functional groups attached to an aromatic ring is 1. The Morgan fingerprint density at radius 3 is 2.23 bits per heavy atom. The first-order chi connectivity index (χ1) is 19.0. The Morgan fingerprint density at radius 2 is 1.65 bits per heavy atom. The number of amides is 1. The van der Waals surface area contributed by atoms with E-state index < -0.39 is 17.6 Å². The van der Waals surface area contributed by atoms with Gasteiger partial charge in [0.25, 0.3) is 11.9 Å². The molecule has 1 amide bonds. The molecule has 0 saturated carbocycles. The second kappa shape index (κ2) is 12.9. The van der Waals surface area contributed by atoms with E-state index in [4.69, 9.17) is 36.3 Å². The molecule has 0 bridgehead atoms. The van der Waals surface area contributed by atoms with Gasteiger partial charge in [0.2, 0.25) is 0 Å². The van der Waals surface area contributed by atoms with Gasteiger partial charge in [0, 0.05) is 18.4 Å². The Morgan fingerprint density at radius 1 is 1.02 bits per heavy atom. The molecule has 1 atom stereocenters. The molecule has 0 aliphatic carbocycles. The van der Waals surface area contributed by atoms with Crippen LogP contribution in [0.15, 0.2) is 71.5 Å². The molecule has 0 aliphatic heterocycles. The average molecular weight is 547 g/mol. The number of aliphatic carboxylic acids is 1. The Balaban J connectivity index is 0.00000103. The number of ether oxygens (including phenoxy) is 2. The molecule has 0 spiro atoms. The van der Waals surface area contributed by atoms with Gasteiger partial charge in [-0.25, -0.2) is 4.79 Å². The van der Waals surface area contributed by atoms with Crippen LogP contribution in [0.1, 0.15) is 45.7 Å². The maximum Gasteiger partial charge on any atom is 0.348 e. The lowest BCUT2D eigenvalue weighted by Crippen LogP contribution is -2.21. The number of methoxy groups -OCH3 is 2. The van der Waals surface area contributed by atoms with Gasteiger partial charge < -0.3 is 26.0 Å². The number of carboxylic acid groups (broad SMARTS) is 1. The number of benzene rings is 3. The number of amidine groups is 1. The normalized spacial score (nSPS) is 11.1. The number of rotatable bonds is 9. The molecule has 4 rings (SSSR count). The van der Waals surface area contributed by atoms with Gasteiger partial charge in [-0.15, -0.1) is 5.10 Å². The zero-order chi connectivity index (χ0) is 29.4. The topological polar surface area (TPSA) is 199 Å². The molecule has 12 nitrogen and oxygen atoms in total. The lowest BCUT2D eigenvalue weighted by atomic mass is 9.90. The summed E-state index contributed by atoms with van der Waals surface area (Å²) >= 11 is 0.